The van der Waals surface area contributed by atoms with Gasteiger partial charge < -0.3 is 26.4 Å². The SMILES string of the molecule is NC(CCl)=NCCC[C@@H]1CNC(=O)C(NC(=O)OCC2c3ccccc3-c3ccccc32)CCCCNC1=O. The second kappa shape index (κ2) is 14.0. The van der Waals surface area contributed by atoms with Crippen molar-refractivity contribution in [3.8, 4) is 11.1 Å². The van der Waals surface area contributed by atoms with Gasteiger partial charge >= 0.3 is 6.09 Å². The first-order valence-electron chi connectivity index (χ1n) is 13.5. The zero-order valence-corrected chi connectivity index (χ0v) is 22.7. The molecule has 3 amide bonds. The quantitative estimate of drug-likeness (QED) is 0.172. The van der Waals surface area contributed by atoms with Gasteiger partial charge in [0.2, 0.25) is 11.8 Å². The van der Waals surface area contributed by atoms with Gasteiger partial charge in [-0.3, -0.25) is 14.6 Å². The fourth-order valence-corrected chi connectivity index (χ4v) is 5.24. The Morgan fingerprint density at radius 1 is 1.03 bits per heavy atom. The maximum Gasteiger partial charge on any atom is 0.407 e. The molecule has 1 heterocycles. The van der Waals surface area contributed by atoms with Crippen molar-refractivity contribution in [2.45, 2.75) is 44.1 Å². The first-order valence-corrected chi connectivity index (χ1v) is 14.0. The van der Waals surface area contributed by atoms with Gasteiger partial charge in [-0.2, -0.15) is 0 Å². The van der Waals surface area contributed by atoms with Crippen LogP contribution in [0.5, 0.6) is 0 Å². The molecule has 1 fully saturated rings. The average molecular weight is 554 g/mol. The molecule has 1 unspecified atom stereocenters. The molecule has 4 rings (SSSR count). The molecule has 9 nitrogen and oxygen atoms in total. The molecule has 1 saturated heterocycles. The number of hydrogen-bond acceptors (Lipinski definition) is 5. The van der Waals surface area contributed by atoms with Gasteiger partial charge in [0.25, 0.3) is 0 Å². The summed E-state index contributed by atoms with van der Waals surface area (Å²) < 4.78 is 5.65. The van der Waals surface area contributed by atoms with E-state index in [9.17, 15) is 14.4 Å². The molecular formula is C29H36ClN5O4. The van der Waals surface area contributed by atoms with Crippen LogP contribution in [0.2, 0.25) is 0 Å². The lowest BCUT2D eigenvalue weighted by molar-refractivity contribution is -0.126. The van der Waals surface area contributed by atoms with Gasteiger partial charge in [0.1, 0.15) is 18.5 Å². The molecular weight excluding hydrogens is 518 g/mol. The van der Waals surface area contributed by atoms with E-state index in [1.807, 2.05) is 24.3 Å². The maximum absolute atomic E-state index is 13.0. The van der Waals surface area contributed by atoms with Crippen LogP contribution in [0.1, 0.15) is 49.1 Å². The molecule has 2 aliphatic rings. The highest BCUT2D eigenvalue weighted by molar-refractivity contribution is 6.27. The first kappa shape index (κ1) is 28.4. The molecule has 0 bridgehead atoms. The number of aliphatic imine (C=N–C) groups is 1. The number of amidine groups is 1. The minimum absolute atomic E-state index is 0.0634. The van der Waals surface area contributed by atoms with E-state index in [2.05, 4.69) is 45.2 Å². The first-order chi connectivity index (χ1) is 19.0. The highest BCUT2D eigenvalue weighted by atomic mass is 35.5. The zero-order valence-electron chi connectivity index (χ0n) is 22.0. The number of nitrogens with one attached hydrogen (secondary N) is 3. The summed E-state index contributed by atoms with van der Waals surface area (Å²) in [5.74, 6) is -0.377. The fourth-order valence-electron chi connectivity index (χ4n) is 5.16. The summed E-state index contributed by atoms with van der Waals surface area (Å²) in [4.78, 5) is 42.6. The van der Waals surface area contributed by atoms with Gasteiger partial charge in [0, 0.05) is 25.6 Å². The molecule has 39 heavy (non-hydrogen) atoms. The summed E-state index contributed by atoms with van der Waals surface area (Å²) >= 11 is 5.64. The van der Waals surface area contributed by atoms with Crippen molar-refractivity contribution >= 4 is 35.3 Å². The van der Waals surface area contributed by atoms with E-state index in [-0.39, 0.29) is 36.8 Å². The van der Waals surface area contributed by atoms with Gasteiger partial charge in [-0.05, 0) is 54.4 Å². The lowest BCUT2D eigenvalue weighted by Gasteiger charge is -2.21. The number of halogens is 1. The maximum atomic E-state index is 13.0. The Hall–Kier alpha value is -3.59. The van der Waals surface area contributed by atoms with Crippen LogP contribution in [0.25, 0.3) is 11.1 Å². The fraction of sp³-hybridized carbons (Fsp3) is 0.448. The molecule has 10 heteroatoms. The van der Waals surface area contributed by atoms with Crippen molar-refractivity contribution in [2.75, 3.05) is 32.1 Å². The average Bonchev–Trinajstić information content (AvgIpc) is 3.26. The molecule has 0 aromatic heterocycles. The number of rotatable bonds is 8. The highest BCUT2D eigenvalue weighted by Crippen LogP contribution is 2.44. The second-order valence-electron chi connectivity index (χ2n) is 9.90. The van der Waals surface area contributed by atoms with E-state index in [1.165, 1.54) is 0 Å². The number of carbonyl (C=O) groups is 3. The van der Waals surface area contributed by atoms with E-state index >= 15 is 0 Å². The van der Waals surface area contributed by atoms with Gasteiger partial charge in [-0.1, -0.05) is 48.5 Å². The molecule has 0 radical (unpaired) electrons. The minimum atomic E-state index is -0.748. The van der Waals surface area contributed by atoms with E-state index in [0.717, 1.165) is 22.3 Å². The summed E-state index contributed by atoms with van der Waals surface area (Å²) in [7, 11) is 0. The van der Waals surface area contributed by atoms with Crippen molar-refractivity contribution in [3.05, 3.63) is 59.7 Å². The number of ether oxygens (including phenoxy) is 1. The van der Waals surface area contributed by atoms with E-state index in [4.69, 9.17) is 22.1 Å². The van der Waals surface area contributed by atoms with Crippen LogP contribution >= 0.6 is 11.6 Å². The summed E-state index contributed by atoms with van der Waals surface area (Å²) in [6.45, 7) is 1.31. The summed E-state index contributed by atoms with van der Waals surface area (Å²) in [5.41, 5.74) is 10.2. The lowest BCUT2D eigenvalue weighted by atomic mass is 9.98. The number of nitrogens with two attached hydrogens (primary N) is 1. The third kappa shape index (κ3) is 7.50. The third-order valence-electron chi connectivity index (χ3n) is 7.23. The molecule has 208 valence electrons. The number of hydrogen-bond donors (Lipinski definition) is 4. The number of carbonyl (C=O) groups excluding carboxylic acids is 3. The number of nitrogens with zero attached hydrogens (tertiary/aromatic N) is 1. The predicted octanol–water partition coefficient (Wildman–Crippen LogP) is 3.30. The zero-order chi connectivity index (χ0) is 27.6. The molecule has 2 aromatic carbocycles. The standard InChI is InChI=1S/C29H36ClN5O4/c30-16-26(31)32-15-7-8-19-17-34-28(37)25(13-5-6-14-33-27(19)36)35-29(38)39-18-24-22-11-3-1-9-20(22)21-10-2-4-12-23(21)24/h1-4,9-12,19,24-25H,5-8,13-18H2,(H2,31,32)(H,33,36)(H,34,37)(H,35,38)/t19-,25?/m1/s1. The second-order valence-corrected chi connectivity index (χ2v) is 10.2. The normalized spacial score (nSPS) is 20.2. The molecule has 5 N–H and O–H groups in total. The number of benzene rings is 2. The van der Waals surface area contributed by atoms with Crippen molar-refractivity contribution < 1.29 is 19.1 Å². The summed E-state index contributed by atoms with van der Waals surface area (Å²) in [6, 6.07) is 15.5. The van der Waals surface area contributed by atoms with Crippen LogP contribution < -0.4 is 21.7 Å². The van der Waals surface area contributed by atoms with Crippen LogP contribution in [-0.2, 0) is 14.3 Å². The van der Waals surface area contributed by atoms with E-state index < -0.39 is 18.1 Å². The highest BCUT2D eigenvalue weighted by Gasteiger charge is 2.30. The number of alkyl carbamates (subject to hydrolysis) is 1. The monoisotopic (exact) mass is 553 g/mol. The Balaban J connectivity index is 1.33. The Morgan fingerprint density at radius 2 is 1.72 bits per heavy atom. The van der Waals surface area contributed by atoms with Gasteiger partial charge in [0.15, 0.2) is 0 Å². The third-order valence-corrected chi connectivity index (χ3v) is 7.50. The van der Waals surface area contributed by atoms with E-state index in [0.29, 0.717) is 51.0 Å². The van der Waals surface area contributed by atoms with Crippen LogP contribution in [0.3, 0.4) is 0 Å². The predicted molar refractivity (Wildman–Crippen MR) is 152 cm³/mol. The van der Waals surface area contributed by atoms with Gasteiger partial charge in [-0.15, -0.1) is 11.6 Å². The van der Waals surface area contributed by atoms with Crippen LogP contribution in [-0.4, -0.2) is 61.9 Å². The Kier molecular flexibility index (Phi) is 10.2. The molecule has 1 aliphatic heterocycles. The molecule has 0 saturated carbocycles. The topological polar surface area (TPSA) is 135 Å². The number of fused-ring (bicyclic) bond motifs is 3. The Bertz CT molecular complexity index is 1160. The molecule has 2 aromatic rings. The van der Waals surface area contributed by atoms with Crippen molar-refractivity contribution in [1.82, 2.24) is 16.0 Å². The largest absolute Gasteiger partial charge is 0.449 e. The van der Waals surface area contributed by atoms with E-state index in [1.54, 1.807) is 0 Å². The van der Waals surface area contributed by atoms with Crippen molar-refractivity contribution in [2.24, 2.45) is 16.6 Å². The van der Waals surface area contributed by atoms with Crippen molar-refractivity contribution in [3.63, 3.8) is 0 Å². The van der Waals surface area contributed by atoms with Crippen molar-refractivity contribution in [1.29, 1.82) is 0 Å². The lowest BCUT2D eigenvalue weighted by Crippen LogP contribution is -2.48. The van der Waals surface area contributed by atoms with Crippen LogP contribution in [0, 0.1) is 5.92 Å². The Labute approximate surface area is 233 Å². The molecule has 2 atom stereocenters. The molecule has 0 spiro atoms. The summed E-state index contributed by atoms with van der Waals surface area (Å²) in [5, 5.41) is 8.55. The Morgan fingerprint density at radius 3 is 2.41 bits per heavy atom. The van der Waals surface area contributed by atoms with Gasteiger partial charge in [0.05, 0.1) is 11.8 Å². The number of amides is 3. The van der Waals surface area contributed by atoms with Gasteiger partial charge in [-0.25, -0.2) is 4.79 Å². The minimum Gasteiger partial charge on any atom is -0.449 e. The summed E-state index contributed by atoms with van der Waals surface area (Å²) in [6.07, 6.45) is 2.35. The molecule has 1 aliphatic carbocycles. The number of alkyl halides is 1. The smallest absolute Gasteiger partial charge is 0.407 e. The van der Waals surface area contributed by atoms with Crippen LogP contribution in [0.15, 0.2) is 53.5 Å². The van der Waals surface area contributed by atoms with Crippen LogP contribution in [0.4, 0.5) is 4.79 Å².